The first-order valence-corrected chi connectivity index (χ1v) is 13.6. The molecule has 3 aromatic carbocycles. The molecule has 1 aliphatic heterocycles. The van der Waals surface area contributed by atoms with Gasteiger partial charge in [0.2, 0.25) is 11.8 Å². The van der Waals surface area contributed by atoms with Gasteiger partial charge in [-0.2, -0.15) is 0 Å². The summed E-state index contributed by atoms with van der Waals surface area (Å²) in [6.07, 6.45) is 0.949. The van der Waals surface area contributed by atoms with E-state index in [1.165, 1.54) is 23.1 Å². The van der Waals surface area contributed by atoms with Crippen LogP contribution in [0.4, 0.5) is 0 Å². The Bertz CT molecular complexity index is 1380. The molecular formula is C28H29N3O5S. The average molecular weight is 520 g/mol. The van der Waals surface area contributed by atoms with Crippen LogP contribution in [-0.2, 0) is 32.6 Å². The first kappa shape index (κ1) is 26.1. The fraction of sp³-hybridized carbons (Fsp3) is 0.250. The van der Waals surface area contributed by atoms with E-state index < -0.39 is 34.4 Å². The molecule has 8 nitrogen and oxygen atoms in total. The van der Waals surface area contributed by atoms with E-state index in [2.05, 4.69) is 5.32 Å². The number of carbonyl (C=O) groups is 3. The van der Waals surface area contributed by atoms with Gasteiger partial charge < -0.3 is 10.2 Å². The average Bonchev–Trinajstić information content (AvgIpc) is 3.11. The minimum Gasteiger partial charge on any atom is -0.354 e. The minimum atomic E-state index is -4.18. The van der Waals surface area contributed by atoms with Gasteiger partial charge in [-0.3, -0.25) is 14.4 Å². The Labute approximate surface area is 217 Å². The van der Waals surface area contributed by atoms with Crippen molar-refractivity contribution in [2.45, 2.75) is 37.2 Å². The van der Waals surface area contributed by atoms with Gasteiger partial charge in [-0.1, -0.05) is 79.7 Å². The van der Waals surface area contributed by atoms with E-state index in [0.717, 1.165) is 17.5 Å². The molecule has 192 valence electrons. The Morgan fingerprint density at radius 2 is 1.49 bits per heavy atom. The molecule has 0 unspecified atom stereocenters. The van der Waals surface area contributed by atoms with Crippen molar-refractivity contribution in [3.63, 3.8) is 0 Å². The highest BCUT2D eigenvalue weighted by Gasteiger charge is 2.43. The third-order valence-electron chi connectivity index (χ3n) is 6.21. The molecule has 0 spiro atoms. The molecule has 1 heterocycles. The second-order valence-electron chi connectivity index (χ2n) is 8.82. The predicted molar refractivity (Wildman–Crippen MR) is 139 cm³/mol. The van der Waals surface area contributed by atoms with E-state index in [1.807, 2.05) is 67.6 Å². The van der Waals surface area contributed by atoms with Gasteiger partial charge in [0.15, 0.2) is 0 Å². The summed E-state index contributed by atoms with van der Waals surface area (Å²) >= 11 is 0. The molecular weight excluding hydrogens is 490 g/mol. The topological polar surface area (TPSA) is 104 Å². The first-order chi connectivity index (χ1) is 17.8. The molecule has 9 heteroatoms. The molecule has 0 saturated carbocycles. The van der Waals surface area contributed by atoms with Crippen molar-refractivity contribution in [3.8, 4) is 0 Å². The van der Waals surface area contributed by atoms with Crippen LogP contribution in [-0.4, -0.2) is 54.5 Å². The van der Waals surface area contributed by atoms with Crippen LogP contribution in [0.5, 0.6) is 0 Å². The van der Waals surface area contributed by atoms with Crippen molar-refractivity contribution < 1.29 is 22.8 Å². The minimum absolute atomic E-state index is 0.0337. The SMILES string of the molecule is CCCNC(=O)[C@@H](Cc1ccccc1)N(Cc1ccccc1)C(=O)CN1C(=O)c2ccccc2S1(=O)=O. The molecule has 1 N–H and O–H groups in total. The summed E-state index contributed by atoms with van der Waals surface area (Å²) in [5.41, 5.74) is 1.66. The number of rotatable bonds is 10. The fourth-order valence-corrected chi connectivity index (χ4v) is 5.82. The van der Waals surface area contributed by atoms with Gasteiger partial charge in [-0.05, 0) is 29.7 Å². The molecule has 3 aromatic rings. The lowest BCUT2D eigenvalue weighted by molar-refractivity contribution is -0.141. The highest BCUT2D eigenvalue weighted by Crippen LogP contribution is 2.30. The molecule has 0 saturated heterocycles. The molecule has 4 rings (SSSR count). The molecule has 37 heavy (non-hydrogen) atoms. The Kier molecular flexibility index (Phi) is 8.03. The zero-order chi connectivity index (χ0) is 26.4. The van der Waals surface area contributed by atoms with Crippen molar-refractivity contribution >= 4 is 27.7 Å². The van der Waals surface area contributed by atoms with Crippen LogP contribution >= 0.6 is 0 Å². The Morgan fingerprint density at radius 1 is 0.892 bits per heavy atom. The van der Waals surface area contributed by atoms with Crippen LogP contribution in [0.25, 0.3) is 0 Å². The van der Waals surface area contributed by atoms with Crippen molar-refractivity contribution in [1.29, 1.82) is 0 Å². The summed E-state index contributed by atoms with van der Waals surface area (Å²) in [6, 6.07) is 23.5. The zero-order valence-corrected chi connectivity index (χ0v) is 21.4. The van der Waals surface area contributed by atoms with Gasteiger partial charge in [-0.25, -0.2) is 12.7 Å². The Hall–Kier alpha value is -3.98. The molecule has 1 atom stereocenters. The Morgan fingerprint density at radius 3 is 2.11 bits per heavy atom. The molecule has 0 radical (unpaired) electrons. The normalized spacial score (nSPS) is 14.6. The van der Waals surface area contributed by atoms with Crippen LogP contribution in [0.3, 0.4) is 0 Å². The van der Waals surface area contributed by atoms with Crippen molar-refractivity contribution in [2.24, 2.45) is 0 Å². The maximum atomic E-state index is 13.8. The van der Waals surface area contributed by atoms with Gasteiger partial charge >= 0.3 is 0 Å². The number of amides is 3. The van der Waals surface area contributed by atoms with Crippen LogP contribution in [0.15, 0.2) is 89.8 Å². The summed E-state index contributed by atoms with van der Waals surface area (Å²) in [6.45, 7) is 1.74. The zero-order valence-electron chi connectivity index (χ0n) is 20.5. The lowest BCUT2D eigenvalue weighted by Gasteiger charge is -2.32. The summed E-state index contributed by atoms with van der Waals surface area (Å²) in [5, 5.41) is 2.88. The van der Waals surface area contributed by atoms with E-state index in [0.29, 0.717) is 10.8 Å². The monoisotopic (exact) mass is 519 g/mol. The van der Waals surface area contributed by atoms with Crippen molar-refractivity contribution in [2.75, 3.05) is 13.1 Å². The molecule has 0 fully saturated rings. The Balaban J connectivity index is 1.69. The smallest absolute Gasteiger partial charge is 0.269 e. The van der Waals surface area contributed by atoms with Gasteiger partial charge in [0.1, 0.15) is 17.5 Å². The van der Waals surface area contributed by atoms with Crippen LogP contribution in [0.2, 0.25) is 0 Å². The number of carbonyl (C=O) groups excluding carboxylic acids is 3. The van der Waals surface area contributed by atoms with Gasteiger partial charge in [0, 0.05) is 19.5 Å². The van der Waals surface area contributed by atoms with Crippen LogP contribution in [0, 0.1) is 0 Å². The van der Waals surface area contributed by atoms with E-state index in [4.69, 9.17) is 0 Å². The predicted octanol–water partition coefficient (Wildman–Crippen LogP) is 3.00. The van der Waals surface area contributed by atoms with Gasteiger partial charge in [0.05, 0.1) is 5.56 Å². The second kappa shape index (κ2) is 11.4. The van der Waals surface area contributed by atoms with Gasteiger partial charge in [-0.15, -0.1) is 0 Å². The van der Waals surface area contributed by atoms with Crippen LogP contribution in [0.1, 0.15) is 34.8 Å². The summed E-state index contributed by atoms with van der Waals surface area (Å²) in [7, 11) is -4.18. The molecule has 0 aromatic heterocycles. The van der Waals surface area contributed by atoms with E-state index in [-0.39, 0.29) is 29.3 Å². The first-order valence-electron chi connectivity index (χ1n) is 12.1. The standard InChI is InChI=1S/C28H29N3O5S/c1-2-17-29-27(33)24(18-21-11-5-3-6-12-21)30(19-22-13-7-4-8-14-22)26(32)20-31-28(34)23-15-9-10-16-25(23)37(31,35)36/h3-16,24H,2,17-20H2,1H3,(H,29,33)/t24-/m1/s1. The lowest BCUT2D eigenvalue weighted by atomic mass is 10.0. The highest BCUT2D eigenvalue weighted by molar-refractivity contribution is 7.90. The third-order valence-corrected chi connectivity index (χ3v) is 7.99. The summed E-state index contributed by atoms with van der Waals surface area (Å²) in [5.74, 6) is -1.73. The van der Waals surface area contributed by atoms with Crippen molar-refractivity contribution in [3.05, 3.63) is 102 Å². The van der Waals surface area contributed by atoms with Gasteiger partial charge in [0.25, 0.3) is 15.9 Å². The molecule has 0 bridgehead atoms. The van der Waals surface area contributed by atoms with E-state index >= 15 is 0 Å². The number of hydrogen-bond donors (Lipinski definition) is 1. The van der Waals surface area contributed by atoms with E-state index in [9.17, 15) is 22.8 Å². The number of nitrogens with zero attached hydrogens (tertiary/aromatic N) is 2. The number of hydrogen-bond acceptors (Lipinski definition) is 5. The molecule has 3 amide bonds. The number of sulfonamides is 1. The number of nitrogens with one attached hydrogen (secondary N) is 1. The highest BCUT2D eigenvalue weighted by atomic mass is 32.2. The number of fused-ring (bicyclic) bond motifs is 1. The maximum Gasteiger partial charge on any atom is 0.269 e. The second-order valence-corrected chi connectivity index (χ2v) is 10.6. The third kappa shape index (κ3) is 5.72. The van der Waals surface area contributed by atoms with Crippen LogP contribution < -0.4 is 5.32 Å². The van der Waals surface area contributed by atoms with Crippen molar-refractivity contribution in [1.82, 2.24) is 14.5 Å². The number of benzene rings is 3. The molecule has 1 aliphatic rings. The fourth-order valence-electron chi connectivity index (χ4n) is 4.30. The van der Waals surface area contributed by atoms with E-state index in [1.54, 1.807) is 6.07 Å². The maximum absolute atomic E-state index is 13.8. The summed E-state index contributed by atoms with van der Waals surface area (Å²) in [4.78, 5) is 41.3. The summed E-state index contributed by atoms with van der Waals surface area (Å²) < 4.78 is 26.8. The lowest BCUT2D eigenvalue weighted by Crippen LogP contribution is -2.53. The quantitative estimate of drug-likeness (QED) is 0.444. The largest absolute Gasteiger partial charge is 0.354 e. The molecule has 0 aliphatic carbocycles.